The van der Waals surface area contributed by atoms with Gasteiger partial charge in [0, 0.05) is 17.7 Å². The van der Waals surface area contributed by atoms with Crippen LogP contribution in [0.4, 0.5) is 10.8 Å². The Morgan fingerprint density at radius 1 is 1.17 bits per heavy atom. The number of Topliss-reactive ketones (excluding diaryl/α,β-unsaturated/α-hetero) is 1. The van der Waals surface area contributed by atoms with Crippen molar-refractivity contribution in [2.75, 3.05) is 11.5 Å². The number of non-ortho nitro benzene ring substituents is 1. The summed E-state index contributed by atoms with van der Waals surface area (Å²) in [6.07, 6.45) is 0. The number of nitro benzene ring substituents is 1. The molecule has 0 spiro atoms. The Labute approximate surface area is 203 Å². The van der Waals surface area contributed by atoms with Gasteiger partial charge in [-0.25, -0.2) is 9.78 Å². The summed E-state index contributed by atoms with van der Waals surface area (Å²) in [5, 5.41) is 22.2. The number of carbonyl (C=O) groups is 3. The molecule has 2 aromatic carbocycles. The minimum absolute atomic E-state index is 0.0584. The number of carbonyl (C=O) groups excluding carboxylic acids is 3. The quantitative estimate of drug-likeness (QED) is 0.135. The second kappa shape index (κ2) is 9.47. The largest absolute Gasteiger partial charge is 0.507 e. The molecule has 0 aliphatic carbocycles. The number of aliphatic hydroxyl groups excluding tert-OH is 1. The van der Waals surface area contributed by atoms with Crippen molar-refractivity contribution in [1.29, 1.82) is 0 Å². The molecule has 4 rings (SSSR count). The Balaban J connectivity index is 1.91. The molecule has 178 valence electrons. The zero-order valence-electron chi connectivity index (χ0n) is 18.6. The number of nitrogens with zero attached hydrogens (tertiary/aromatic N) is 3. The van der Waals surface area contributed by atoms with Crippen LogP contribution in [-0.2, 0) is 14.3 Å². The molecule has 0 unspecified atom stereocenters. The van der Waals surface area contributed by atoms with Crippen LogP contribution in [0.5, 0.6) is 0 Å². The van der Waals surface area contributed by atoms with Gasteiger partial charge >= 0.3 is 11.9 Å². The highest BCUT2D eigenvalue weighted by Crippen LogP contribution is 2.44. The number of ketones is 1. The first-order valence-corrected chi connectivity index (χ1v) is 11.3. The molecule has 3 aromatic rings. The van der Waals surface area contributed by atoms with E-state index in [1.54, 1.807) is 44.2 Å². The summed E-state index contributed by atoms with van der Waals surface area (Å²) < 4.78 is 5.04. The molecule has 0 bridgehead atoms. The summed E-state index contributed by atoms with van der Waals surface area (Å²) in [5.74, 6) is -2.90. The van der Waals surface area contributed by atoms with E-state index in [0.717, 1.165) is 16.2 Å². The predicted octanol–water partition coefficient (Wildman–Crippen LogP) is 4.16. The molecular weight excluding hydrogens is 474 g/mol. The van der Waals surface area contributed by atoms with Crippen molar-refractivity contribution in [1.82, 2.24) is 4.98 Å². The van der Waals surface area contributed by atoms with Crippen molar-refractivity contribution < 1.29 is 29.2 Å². The maximum Gasteiger partial charge on any atom is 0.350 e. The molecule has 10 nitrogen and oxygen atoms in total. The molecule has 1 N–H and O–H groups in total. The van der Waals surface area contributed by atoms with E-state index in [2.05, 4.69) is 4.98 Å². The van der Waals surface area contributed by atoms with Crippen LogP contribution in [0.15, 0.2) is 60.2 Å². The minimum atomic E-state index is -1.13. The second-order valence-corrected chi connectivity index (χ2v) is 8.49. The molecule has 1 aromatic heterocycles. The Morgan fingerprint density at radius 3 is 2.43 bits per heavy atom. The number of aryl methyl sites for hydroxylation is 1. The highest BCUT2D eigenvalue weighted by atomic mass is 32.1. The van der Waals surface area contributed by atoms with E-state index < -0.39 is 34.4 Å². The lowest BCUT2D eigenvalue weighted by Crippen LogP contribution is -2.29. The van der Waals surface area contributed by atoms with Gasteiger partial charge in [-0.2, -0.15) is 0 Å². The summed E-state index contributed by atoms with van der Waals surface area (Å²) in [6, 6.07) is 12.4. The van der Waals surface area contributed by atoms with Crippen molar-refractivity contribution >= 4 is 45.6 Å². The molecule has 0 radical (unpaired) electrons. The molecule has 1 fully saturated rings. The zero-order chi connectivity index (χ0) is 25.3. The first-order chi connectivity index (χ1) is 16.7. The standard InChI is InChI=1S/C24H19N3O7S/c1-3-34-23(31)21-13(2)25-24(35-21)26-18(14-9-11-16(12-10-14)27(32)33)17(20(29)22(26)30)19(28)15-7-5-4-6-8-15/h4-12,18,28H,3H2,1-2H3/t18-/m1/s1. The third-order valence-corrected chi connectivity index (χ3v) is 6.50. The number of rotatable bonds is 6. The van der Waals surface area contributed by atoms with Gasteiger partial charge in [0.25, 0.3) is 11.5 Å². The van der Waals surface area contributed by atoms with E-state index in [4.69, 9.17) is 4.74 Å². The SMILES string of the molecule is CCOC(=O)c1sc(N2C(=O)C(=O)C(=C(O)c3ccccc3)[C@H]2c2ccc([N+](=O)[O-])cc2)nc1C. The van der Waals surface area contributed by atoms with Crippen LogP contribution < -0.4 is 4.90 Å². The summed E-state index contributed by atoms with van der Waals surface area (Å²) in [7, 11) is 0. The normalized spacial score (nSPS) is 17.0. The first kappa shape index (κ1) is 23.8. The molecule has 35 heavy (non-hydrogen) atoms. The van der Waals surface area contributed by atoms with Gasteiger partial charge in [-0.3, -0.25) is 24.6 Å². The highest BCUT2D eigenvalue weighted by Gasteiger charge is 2.48. The number of aliphatic hydroxyl groups is 1. The number of amides is 1. The fourth-order valence-electron chi connectivity index (χ4n) is 3.75. The predicted molar refractivity (Wildman–Crippen MR) is 127 cm³/mol. The molecule has 1 atom stereocenters. The summed E-state index contributed by atoms with van der Waals surface area (Å²) >= 11 is 0.881. The maximum atomic E-state index is 13.2. The van der Waals surface area contributed by atoms with Crippen molar-refractivity contribution in [2.24, 2.45) is 0 Å². The van der Waals surface area contributed by atoms with Crippen molar-refractivity contribution in [3.63, 3.8) is 0 Å². The fourth-order valence-corrected chi connectivity index (χ4v) is 4.73. The molecule has 11 heteroatoms. The minimum Gasteiger partial charge on any atom is -0.507 e. The number of nitro groups is 1. The van der Waals surface area contributed by atoms with E-state index in [1.165, 1.54) is 24.3 Å². The highest BCUT2D eigenvalue weighted by molar-refractivity contribution is 7.17. The first-order valence-electron chi connectivity index (χ1n) is 10.5. The van der Waals surface area contributed by atoms with Crippen LogP contribution in [0.3, 0.4) is 0 Å². The third kappa shape index (κ3) is 4.28. The third-order valence-electron chi connectivity index (χ3n) is 5.36. The Kier molecular flexibility index (Phi) is 6.43. The summed E-state index contributed by atoms with van der Waals surface area (Å²) in [6.45, 7) is 3.38. The maximum absolute atomic E-state index is 13.2. The molecule has 0 saturated carbocycles. The van der Waals surface area contributed by atoms with Crippen LogP contribution >= 0.6 is 11.3 Å². The monoisotopic (exact) mass is 493 g/mol. The van der Waals surface area contributed by atoms with E-state index in [9.17, 15) is 29.6 Å². The number of thiazole rings is 1. The van der Waals surface area contributed by atoms with Gasteiger partial charge in [-0.1, -0.05) is 41.7 Å². The van der Waals surface area contributed by atoms with Gasteiger partial charge in [-0.05, 0) is 31.5 Å². The van der Waals surface area contributed by atoms with Gasteiger partial charge in [0.05, 0.1) is 28.8 Å². The van der Waals surface area contributed by atoms with Crippen LogP contribution in [-0.4, -0.2) is 39.3 Å². The topological polar surface area (TPSA) is 140 Å². The molecule has 2 heterocycles. The lowest BCUT2D eigenvalue weighted by molar-refractivity contribution is -0.384. The zero-order valence-corrected chi connectivity index (χ0v) is 19.4. The number of esters is 1. The van der Waals surface area contributed by atoms with Gasteiger partial charge in [0.2, 0.25) is 0 Å². The van der Waals surface area contributed by atoms with Crippen molar-refractivity contribution in [3.05, 3.63) is 92.0 Å². The second-order valence-electron chi connectivity index (χ2n) is 7.52. The molecular formula is C24H19N3O7S. The molecule has 1 aliphatic rings. The number of aromatic nitrogens is 1. The van der Waals surface area contributed by atoms with Crippen LogP contribution in [0.25, 0.3) is 5.76 Å². The average molecular weight is 493 g/mol. The average Bonchev–Trinajstić information content (AvgIpc) is 3.36. The molecule has 1 aliphatic heterocycles. The smallest absolute Gasteiger partial charge is 0.350 e. The summed E-state index contributed by atoms with van der Waals surface area (Å²) in [5.41, 5.74) is 0.609. The van der Waals surface area contributed by atoms with Gasteiger partial charge < -0.3 is 9.84 Å². The lowest BCUT2D eigenvalue weighted by Gasteiger charge is -2.22. The number of anilines is 1. The number of ether oxygens (including phenoxy) is 1. The van der Waals surface area contributed by atoms with Crippen molar-refractivity contribution in [3.8, 4) is 0 Å². The molecule has 1 saturated heterocycles. The Hall–Kier alpha value is -4.38. The number of benzene rings is 2. The van der Waals surface area contributed by atoms with Crippen molar-refractivity contribution in [2.45, 2.75) is 19.9 Å². The van der Waals surface area contributed by atoms with Gasteiger partial charge in [-0.15, -0.1) is 0 Å². The van der Waals surface area contributed by atoms with E-state index in [-0.39, 0.29) is 27.9 Å². The van der Waals surface area contributed by atoms with Crippen LogP contribution in [0, 0.1) is 17.0 Å². The van der Waals surface area contributed by atoms with Gasteiger partial charge in [0.15, 0.2) is 5.13 Å². The number of hydrogen-bond acceptors (Lipinski definition) is 9. The lowest BCUT2D eigenvalue weighted by atomic mass is 9.95. The molecule has 1 amide bonds. The fraction of sp³-hybridized carbons (Fsp3) is 0.167. The van der Waals surface area contributed by atoms with Crippen LogP contribution in [0.1, 0.15) is 39.5 Å². The Bertz CT molecular complexity index is 1360. The number of hydrogen-bond donors (Lipinski definition) is 1. The van der Waals surface area contributed by atoms with Crippen LogP contribution in [0.2, 0.25) is 0 Å². The Morgan fingerprint density at radius 2 is 1.83 bits per heavy atom. The van der Waals surface area contributed by atoms with E-state index >= 15 is 0 Å². The van der Waals surface area contributed by atoms with E-state index in [1.807, 2.05) is 0 Å². The van der Waals surface area contributed by atoms with E-state index in [0.29, 0.717) is 16.8 Å². The summed E-state index contributed by atoms with van der Waals surface area (Å²) in [4.78, 5) is 54.8. The van der Waals surface area contributed by atoms with Gasteiger partial charge in [0.1, 0.15) is 10.6 Å².